The minimum Gasteiger partial charge on any atom is -0.480 e. The molecular weight excluding hydrogens is 244 g/mol. The van der Waals surface area contributed by atoms with Crippen molar-refractivity contribution < 1.29 is 19.5 Å². The maximum atomic E-state index is 11.8. The van der Waals surface area contributed by atoms with Crippen LogP contribution < -0.4 is 5.73 Å². The molecule has 1 rings (SSSR count). The van der Waals surface area contributed by atoms with Gasteiger partial charge >= 0.3 is 5.97 Å². The third-order valence-electron chi connectivity index (χ3n) is 2.44. The molecule has 1 aliphatic rings. The molecule has 17 heavy (non-hydrogen) atoms. The third-order valence-corrected chi connectivity index (χ3v) is 3.77. The molecule has 2 atom stereocenters. The van der Waals surface area contributed by atoms with Crippen LogP contribution in [-0.4, -0.2) is 51.4 Å². The van der Waals surface area contributed by atoms with E-state index >= 15 is 0 Å². The summed E-state index contributed by atoms with van der Waals surface area (Å²) in [5.41, 5.74) is 5.34. The highest BCUT2D eigenvalue weighted by atomic mass is 32.2. The number of carbonyl (C=O) groups is 3. The summed E-state index contributed by atoms with van der Waals surface area (Å²) in [5, 5.41) is 8.14. The summed E-state index contributed by atoms with van der Waals surface area (Å²) in [6, 6.07) is -0.997. The molecule has 0 aromatic rings. The van der Waals surface area contributed by atoms with E-state index < -0.39 is 17.3 Å². The lowest BCUT2D eigenvalue weighted by molar-refractivity contribution is -0.139. The summed E-state index contributed by atoms with van der Waals surface area (Å²) < 4.78 is 0. The van der Waals surface area contributed by atoms with Gasteiger partial charge in [0.15, 0.2) is 0 Å². The predicted octanol–water partition coefficient (Wildman–Crippen LogP) is -0.331. The van der Waals surface area contributed by atoms with Gasteiger partial charge in [-0.15, -0.1) is 11.8 Å². The number of rotatable bonds is 6. The minimum atomic E-state index is -1.10. The fourth-order valence-electron chi connectivity index (χ4n) is 1.53. The van der Waals surface area contributed by atoms with Crippen molar-refractivity contribution in [2.75, 3.05) is 12.3 Å². The largest absolute Gasteiger partial charge is 0.480 e. The van der Waals surface area contributed by atoms with Crippen LogP contribution in [0.4, 0.5) is 0 Å². The summed E-state index contributed by atoms with van der Waals surface area (Å²) in [6.45, 7) is 2.32. The molecular formula is C10H16N2O4S. The highest BCUT2D eigenvalue weighted by Gasteiger charge is 2.38. The van der Waals surface area contributed by atoms with E-state index in [1.807, 2.05) is 6.92 Å². The third kappa shape index (κ3) is 3.44. The van der Waals surface area contributed by atoms with E-state index in [2.05, 4.69) is 0 Å². The molecule has 0 bridgehead atoms. The Morgan fingerprint density at radius 2 is 2.29 bits per heavy atom. The zero-order valence-corrected chi connectivity index (χ0v) is 10.4. The second-order valence-electron chi connectivity index (χ2n) is 3.85. The van der Waals surface area contributed by atoms with Gasteiger partial charge in [0, 0.05) is 18.7 Å². The van der Waals surface area contributed by atoms with Crippen molar-refractivity contribution in [2.45, 2.75) is 31.1 Å². The van der Waals surface area contributed by atoms with Crippen molar-refractivity contribution >= 4 is 29.5 Å². The van der Waals surface area contributed by atoms with Crippen molar-refractivity contribution in [3.05, 3.63) is 0 Å². The van der Waals surface area contributed by atoms with Crippen LogP contribution >= 0.6 is 11.8 Å². The molecule has 96 valence electrons. The van der Waals surface area contributed by atoms with Crippen molar-refractivity contribution in [1.82, 2.24) is 4.90 Å². The number of amides is 2. The molecule has 1 heterocycles. The van der Waals surface area contributed by atoms with Gasteiger partial charge < -0.3 is 10.8 Å². The summed E-state index contributed by atoms with van der Waals surface area (Å²) in [6.07, 6.45) is 0.874. The SMILES string of the molecule is CCCN1C(=O)CC(SCC(N)C(=O)O)C1=O. The first-order chi connectivity index (χ1) is 7.97. The summed E-state index contributed by atoms with van der Waals surface area (Å²) in [5.74, 6) is -1.36. The number of nitrogens with two attached hydrogens (primary N) is 1. The molecule has 0 aromatic carbocycles. The Morgan fingerprint density at radius 1 is 1.65 bits per heavy atom. The maximum Gasteiger partial charge on any atom is 0.321 e. The van der Waals surface area contributed by atoms with Gasteiger partial charge in [-0.2, -0.15) is 0 Å². The number of hydrogen-bond donors (Lipinski definition) is 2. The number of thioether (sulfide) groups is 1. The normalized spacial score (nSPS) is 22.0. The van der Waals surface area contributed by atoms with Crippen molar-refractivity contribution in [3.8, 4) is 0 Å². The Bertz CT molecular complexity index is 334. The Balaban J connectivity index is 2.49. The molecule has 1 saturated heterocycles. The van der Waals surface area contributed by atoms with E-state index in [4.69, 9.17) is 10.8 Å². The zero-order chi connectivity index (χ0) is 13.0. The summed E-state index contributed by atoms with van der Waals surface area (Å²) in [7, 11) is 0. The molecule has 7 heteroatoms. The predicted molar refractivity (Wildman–Crippen MR) is 63.5 cm³/mol. The van der Waals surface area contributed by atoms with Gasteiger partial charge in [0.1, 0.15) is 6.04 Å². The van der Waals surface area contributed by atoms with Gasteiger partial charge in [0.2, 0.25) is 11.8 Å². The van der Waals surface area contributed by atoms with Gasteiger partial charge in [-0.3, -0.25) is 19.3 Å². The maximum absolute atomic E-state index is 11.8. The van der Waals surface area contributed by atoms with E-state index in [0.717, 1.165) is 18.2 Å². The molecule has 1 aliphatic heterocycles. The number of carboxylic acids is 1. The van der Waals surface area contributed by atoms with Crippen LogP contribution in [0.3, 0.4) is 0 Å². The van der Waals surface area contributed by atoms with E-state index in [1.165, 1.54) is 4.90 Å². The van der Waals surface area contributed by atoms with Gasteiger partial charge in [-0.25, -0.2) is 0 Å². The van der Waals surface area contributed by atoms with E-state index in [1.54, 1.807) is 0 Å². The Kier molecular flexibility index (Phi) is 4.95. The van der Waals surface area contributed by atoms with Gasteiger partial charge in [0.05, 0.1) is 5.25 Å². The Labute approximate surface area is 104 Å². The lowest BCUT2D eigenvalue weighted by Crippen LogP contribution is -2.35. The van der Waals surface area contributed by atoms with Crippen molar-refractivity contribution in [3.63, 3.8) is 0 Å². The molecule has 6 nitrogen and oxygen atoms in total. The van der Waals surface area contributed by atoms with Gasteiger partial charge in [-0.05, 0) is 6.42 Å². The fraction of sp³-hybridized carbons (Fsp3) is 0.700. The van der Waals surface area contributed by atoms with Crippen LogP contribution in [0.15, 0.2) is 0 Å². The number of nitrogens with zero attached hydrogens (tertiary/aromatic N) is 1. The Hall–Kier alpha value is -1.08. The average molecular weight is 260 g/mol. The number of hydrogen-bond acceptors (Lipinski definition) is 5. The molecule has 0 saturated carbocycles. The highest BCUT2D eigenvalue weighted by molar-refractivity contribution is 8.00. The Morgan fingerprint density at radius 3 is 2.82 bits per heavy atom. The summed E-state index contributed by atoms with van der Waals surface area (Å²) >= 11 is 1.14. The minimum absolute atomic E-state index is 0.138. The summed E-state index contributed by atoms with van der Waals surface area (Å²) in [4.78, 5) is 35.0. The number of aliphatic carboxylic acids is 1. The molecule has 0 aliphatic carbocycles. The number of carboxylic acid groups (broad SMARTS) is 1. The molecule has 3 N–H and O–H groups in total. The molecule has 0 aromatic heterocycles. The first kappa shape index (κ1) is 14.0. The topological polar surface area (TPSA) is 101 Å². The average Bonchev–Trinajstić information content (AvgIpc) is 2.53. The first-order valence-electron chi connectivity index (χ1n) is 5.41. The first-order valence-corrected chi connectivity index (χ1v) is 6.46. The van der Waals surface area contributed by atoms with Crippen molar-refractivity contribution in [2.24, 2.45) is 5.73 Å². The van der Waals surface area contributed by atoms with Crippen molar-refractivity contribution in [1.29, 1.82) is 0 Å². The van der Waals surface area contributed by atoms with Crippen LogP contribution in [0.1, 0.15) is 19.8 Å². The van der Waals surface area contributed by atoms with E-state index in [-0.39, 0.29) is 24.0 Å². The zero-order valence-electron chi connectivity index (χ0n) is 9.59. The second-order valence-corrected chi connectivity index (χ2v) is 5.09. The fourth-order valence-corrected chi connectivity index (χ4v) is 2.65. The van der Waals surface area contributed by atoms with Crippen LogP contribution in [0.5, 0.6) is 0 Å². The van der Waals surface area contributed by atoms with Crippen LogP contribution in [-0.2, 0) is 14.4 Å². The quantitative estimate of drug-likeness (QED) is 0.634. The molecule has 1 fully saturated rings. The molecule has 0 radical (unpaired) electrons. The molecule has 2 amide bonds. The lowest BCUT2D eigenvalue weighted by Gasteiger charge is -2.13. The van der Waals surface area contributed by atoms with Gasteiger partial charge in [-0.1, -0.05) is 6.92 Å². The standard InChI is InChI=1S/C10H16N2O4S/c1-2-3-12-8(13)4-7(9(12)14)17-5-6(11)10(15)16/h6-7H,2-5,11H2,1H3,(H,15,16). The van der Waals surface area contributed by atoms with Crippen LogP contribution in [0, 0.1) is 0 Å². The van der Waals surface area contributed by atoms with Crippen LogP contribution in [0.2, 0.25) is 0 Å². The monoisotopic (exact) mass is 260 g/mol. The number of carbonyl (C=O) groups excluding carboxylic acids is 2. The van der Waals surface area contributed by atoms with Gasteiger partial charge in [0.25, 0.3) is 0 Å². The van der Waals surface area contributed by atoms with Crippen LogP contribution in [0.25, 0.3) is 0 Å². The second kappa shape index (κ2) is 6.02. The van der Waals surface area contributed by atoms with E-state index in [0.29, 0.717) is 6.54 Å². The number of imide groups is 1. The molecule has 2 unspecified atom stereocenters. The van der Waals surface area contributed by atoms with E-state index in [9.17, 15) is 14.4 Å². The highest BCUT2D eigenvalue weighted by Crippen LogP contribution is 2.25. The smallest absolute Gasteiger partial charge is 0.321 e. The lowest BCUT2D eigenvalue weighted by atomic mass is 10.3. The molecule has 0 spiro atoms. The number of likely N-dealkylation sites (tertiary alicyclic amines) is 1.